The monoisotopic (exact) mass is 379 g/mol. The summed E-state index contributed by atoms with van der Waals surface area (Å²) in [7, 11) is 0. The quantitative estimate of drug-likeness (QED) is 0.691. The van der Waals surface area contributed by atoms with Gasteiger partial charge in [0.1, 0.15) is 11.6 Å². The Hall–Kier alpha value is -3.15. The second kappa shape index (κ2) is 7.84. The first-order chi connectivity index (χ1) is 13.6. The summed E-state index contributed by atoms with van der Waals surface area (Å²) in [5, 5.41) is 2.83. The van der Waals surface area contributed by atoms with Crippen LogP contribution in [0.1, 0.15) is 35.5 Å². The third kappa shape index (κ3) is 3.76. The zero-order valence-electron chi connectivity index (χ0n) is 15.7. The molecule has 0 aliphatic carbocycles. The van der Waals surface area contributed by atoms with Crippen molar-refractivity contribution < 1.29 is 13.6 Å². The Labute approximate surface area is 163 Å². The maximum absolute atomic E-state index is 13.9. The minimum Gasteiger partial charge on any atom is -0.441 e. The number of nitrogens with zero attached hydrogens (tertiary/aromatic N) is 2. The van der Waals surface area contributed by atoms with E-state index in [1.807, 2.05) is 30.3 Å². The zero-order chi connectivity index (χ0) is 19.5. The lowest BCUT2D eigenvalue weighted by Gasteiger charge is -2.30. The van der Waals surface area contributed by atoms with Crippen LogP contribution in [-0.2, 0) is 0 Å². The van der Waals surface area contributed by atoms with Gasteiger partial charge in [0.05, 0.1) is 11.4 Å². The molecule has 2 aromatic carbocycles. The molecule has 1 aliphatic heterocycles. The van der Waals surface area contributed by atoms with Crippen molar-refractivity contribution in [2.45, 2.75) is 26.2 Å². The summed E-state index contributed by atoms with van der Waals surface area (Å²) in [5.74, 6) is 0.0104. The van der Waals surface area contributed by atoms with Gasteiger partial charge in [-0.05, 0) is 56.5 Å². The van der Waals surface area contributed by atoms with Gasteiger partial charge in [0.2, 0.25) is 5.89 Å². The highest BCUT2D eigenvalue weighted by Gasteiger charge is 2.21. The van der Waals surface area contributed by atoms with Crippen molar-refractivity contribution in [2.75, 3.05) is 23.3 Å². The van der Waals surface area contributed by atoms with Gasteiger partial charge in [-0.15, -0.1) is 0 Å². The van der Waals surface area contributed by atoms with Gasteiger partial charge < -0.3 is 14.6 Å². The molecule has 1 fully saturated rings. The lowest BCUT2D eigenvalue weighted by atomic mass is 10.1. The molecule has 3 aromatic rings. The molecule has 144 valence electrons. The van der Waals surface area contributed by atoms with Gasteiger partial charge in [-0.3, -0.25) is 4.79 Å². The van der Waals surface area contributed by atoms with E-state index in [1.165, 1.54) is 18.6 Å². The van der Waals surface area contributed by atoms with E-state index in [9.17, 15) is 9.18 Å². The first-order valence-corrected chi connectivity index (χ1v) is 9.50. The van der Waals surface area contributed by atoms with E-state index in [4.69, 9.17) is 4.42 Å². The molecule has 1 saturated heterocycles. The Morgan fingerprint density at radius 2 is 1.86 bits per heavy atom. The van der Waals surface area contributed by atoms with Crippen molar-refractivity contribution in [3.05, 3.63) is 65.8 Å². The smallest absolute Gasteiger partial charge is 0.277 e. The van der Waals surface area contributed by atoms with Gasteiger partial charge in [0.15, 0.2) is 5.69 Å². The maximum atomic E-state index is 13.9. The molecule has 0 spiro atoms. The molecule has 1 aromatic heterocycles. The highest BCUT2D eigenvalue weighted by Crippen LogP contribution is 2.30. The number of nitrogens with one attached hydrogen (secondary N) is 1. The third-order valence-corrected chi connectivity index (χ3v) is 4.94. The van der Waals surface area contributed by atoms with Crippen LogP contribution in [0.4, 0.5) is 15.8 Å². The average Bonchev–Trinajstić information content (AvgIpc) is 3.11. The number of benzene rings is 2. The van der Waals surface area contributed by atoms with Crippen LogP contribution in [0.3, 0.4) is 0 Å². The van der Waals surface area contributed by atoms with E-state index < -0.39 is 11.7 Å². The summed E-state index contributed by atoms with van der Waals surface area (Å²) in [5.41, 5.74) is 2.28. The molecule has 1 amide bonds. The van der Waals surface area contributed by atoms with Crippen molar-refractivity contribution >= 4 is 17.3 Å². The Morgan fingerprint density at radius 1 is 1.11 bits per heavy atom. The molecule has 0 unspecified atom stereocenters. The lowest BCUT2D eigenvalue weighted by molar-refractivity contribution is 0.102. The predicted octanol–water partition coefficient (Wildman–Crippen LogP) is 5.03. The minimum absolute atomic E-state index is 0.202. The molecule has 0 atom stereocenters. The third-order valence-electron chi connectivity index (χ3n) is 4.94. The SMILES string of the molecule is Cc1oc(-c2ccccc2)nc1C(=O)Nc1cc(F)ccc1N1CCCCC1. The fraction of sp³-hybridized carbons (Fsp3) is 0.273. The van der Waals surface area contributed by atoms with E-state index >= 15 is 0 Å². The molecule has 2 heterocycles. The molecule has 0 bridgehead atoms. The van der Waals surface area contributed by atoms with E-state index in [1.54, 1.807) is 13.0 Å². The number of carbonyl (C=O) groups excluding carboxylic acids is 1. The molecular formula is C22H22FN3O2. The fourth-order valence-corrected chi connectivity index (χ4v) is 3.51. The van der Waals surface area contributed by atoms with Crippen LogP contribution in [0, 0.1) is 12.7 Å². The molecule has 1 aliphatic rings. The van der Waals surface area contributed by atoms with Gasteiger partial charge in [-0.25, -0.2) is 9.37 Å². The van der Waals surface area contributed by atoms with Crippen molar-refractivity contribution in [2.24, 2.45) is 0 Å². The van der Waals surface area contributed by atoms with Gasteiger partial charge in [0.25, 0.3) is 5.91 Å². The fourth-order valence-electron chi connectivity index (χ4n) is 3.51. The highest BCUT2D eigenvalue weighted by molar-refractivity contribution is 6.05. The summed E-state index contributed by atoms with van der Waals surface area (Å²) in [6, 6.07) is 13.9. The number of halogens is 1. The maximum Gasteiger partial charge on any atom is 0.277 e. The van der Waals surface area contributed by atoms with E-state index in [-0.39, 0.29) is 5.69 Å². The van der Waals surface area contributed by atoms with Crippen molar-refractivity contribution in [3.8, 4) is 11.5 Å². The largest absolute Gasteiger partial charge is 0.441 e. The van der Waals surface area contributed by atoms with Crippen LogP contribution < -0.4 is 10.2 Å². The van der Waals surface area contributed by atoms with Gasteiger partial charge >= 0.3 is 0 Å². The summed E-state index contributed by atoms with van der Waals surface area (Å²) in [6.07, 6.45) is 3.38. The van der Waals surface area contributed by atoms with Crippen LogP contribution in [-0.4, -0.2) is 24.0 Å². The molecule has 4 rings (SSSR count). The minimum atomic E-state index is -0.410. The second-order valence-corrected chi connectivity index (χ2v) is 6.95. The van der Waals surface area contributed by atoms with Gasteiger partial charge in [-0.1, -0.05) is 18.2 Å². The number of hydrogen-bond donors (Lipinski definition) is 1. The predicted molar refractivity (Wildman–Crippen MR) is 107 cm³/mol. The highest BCUT2D eigenvalue weighted by atomic mass is 19.1. The molecule has 6 heteroatoms. The number of aryl methyl sites for hydroxylation is 1. The number of hydrogen-bond acceptors (Lipinski definition) is 4. The number of rotatable bonds is 4. The topological polar surface area (TPSA) is 58.4 Å². The molecular weight excluding hydrogens is 357 g/mol. The lowest BCUT2D eigenvalue weighted by Crippen LogP contribution is -2.30. The number of aromatic nitrogens is 1. The number of anilines is 2. The van der Waals surface area contributed by atoms with E-state index in [2.05, 4.69) is 15.2 Å². The number of oxazole rings is 1. The number of carbonyl (C=O) groups is 1. The molecule has 1 N–H and O–H groups in total. The normalized spacial score (nSPS) is 14.1. The zero-order valence-corrected chi connectivity index (χ0v) is 15.7. The average molecular weight is 379 g/mol. The Kier molecular flexibility index (Phi) is 5.10. The molecule has 28 heavy (non-hydrogen) atoms. The van der Waals surface area contributed by atoms with Crippen LogP contribution in [0.2, 0.25) is 0 Å². The van der Waals surface area contributed by atoms with E-state index in [0.717, 1.165) is 37.2 Å². The van der Waals surface area contributed by atoms with Crippen LogP contribution in [0.15, 0.2) is 52.9 Å². The van der Waals surface area contributed by atoms with Crippen LogP contribution >= 0.6 is 0 Å². The van der Waals surface area contributed by atoms with Gasteiger partial charge in [0, 0.05) is 18.7 Å². The Balaban J connectivity index is 1.60. The van der Waals surface area contributed by atoms with Crippen molar-refractivity contribution in [1.82, 2.24) is 4.98 Å². The van der Waals surface area contributed by atoms with E-state index in [0.29, 0.717) is 17.3 Å². The second-order valence-electron chi connectivity index (χ2n) is 6.95. The molecule has 0 saturated carbocycles. The van der Waals surface area contributed by atoms with Crippen LogP contribution in [0.5, 0.6) is 0 Å². The molecule has 5 nitrogen and oxygen atoms in total. The van der Waals surface area contributed by atoms with Crippen LogP contribution in [0.25, 0.3) is 11.5 Å². The Bertz CT molecular complexity index is 979. The summed E-state index contributed by atoms with van der Waals surface area (Å²) < 4.78 is 19.5. The number of amides is 1. The standard InChI is InChI=1S/C22H22FN3O2/c1-15-20(25-22(28-15)16-8-4-2-5-9-16)21(27)24-18-14-17(23)10-11-19(18)26-12-6-3-7-13-26/h2,4-5,8-11,14H,3,6-7,12-13H2,1H3,(H,24,27). The van der Waals surface area contributed by atoms with Gasteiger partial charge in [-0.2, -0.15) is 0 Å². The summed E-state index contributed by atoms with van der Waals surface area (Å²) in [6.45, 7) is 3.50. The summed E-state index contributed by atoms with van der Waals surface area (Å²) in [4.78, 5) is 19.4. The molecule has 0 radical (unpaired) electrons. The number of piperidine rings is 1. The first kappa shape index (κ1) is 18.2. The van der Waals surface area contributed by atoms with Crippen molar-refractivity contribution in [1.29, 1.82) is 0 Å². The van der Waals surface area contributed by atoms with Crippen molar-refractivity contribution in [3.63, 3.8) is 0 Å². The summed E-state index contributed by atoms with van der Waals surface area (Å²) >= 11 is 0. The first-order valence-electron chi connectivity index (χ1n) is 9.50. The Morgan fingerprint density at radius 3 is 2.61 bits per heavy atom.